The van der Waals surface area contributed by atoms with Crippen LogP contribution in [0.5, 0.6) is 28.7 Å². The van der Waals surface area contributed by atoms with E-state index in [1.54, 1.807) is 12.1 Å². The maximum absolute atomic E-state index is 12.9. The van der Waals surface area contributed by atoms with E-state index in [2.05, 4.69) is 0 Å². The molecule has 0 saturated heterocycles. The van der Waals surface area contributed by atoms with Crippen LogP contribution in [-0.4, -0.2) is 33.3 Å². The van der Waals surface area contributed by atoms with Gasteiger partial charge in [-0.2, -0.15) is 0 Å². The van der Waals surface area contributed by atoms with E-state index < -0.39 is 17.4 Å². The van der Waals surface area contributed by atoms with Crippen LogP contribution in [0, 0.1) is 0 Å². The first-order valence-electron chi connectivity index (χ1n) is 9.07. The van der Waals surface area contributed by atoms with E-state index >= 15 is 0 Å². The van der Waals surface area contributed by atoms with Gasteiger partial charge in [-0.1, -0.05) is 0 Å². The minimum absolute atomic E-state index is 0.0141. The fourth-order valence-electron chi connectivity index (χ4n) is 3.04. The molecule has 0 unspecified atom stereocenters. The molecule has 9 nitrogen and oxygen atoms in total. The molecule has 3 aromatic rings. The second-order valence-corrected chi connectivity index (χ2v) is 6.34. The van der Waals surface area contributed by atoms with E-state index in [0.717, 1.165) is 0 Å². The highest BCUT2D eigenvalue weighted by Gasteiger charge is 2.23. The minimum Gasteiger partial charge on any atom is -0.493 e. The number of ether oxygens (including phenoxy) is 5. The van der Waals surface area contributed by atoms with Crippen molar-refractivity contribution in [3.63, 3.8) is 0 Å². The molecule has 3 rings (SSSR count). The van der Waals surface area contributed by atoms with Gasteiger partial charge in [-0.25, -0.2) is 0 Å². The van der Waals surface area contributed by atoms with Gasteiger partial charge in [0.15, 0.2) is 28.4 Å². The van der Waals surface area contributed by atoms with Crippen LogP contribution >= 0.6 is 0 Å². The molecule has 0 spiro atoms. The van der Waals surface area contributed by atoms with Gasteiger partial charge in [0.2, 0.25) is 5.75 Å². The Morgan fingerprint density at radius 2 is 1.45 bits per heavy atom. The molecule has 0 aliphatic carbocycles. The summed E-state index contributed by atoms with van der Waals surface area (Å²) in [6.45, 7) is 2.49. The van der Waals surface area contributed by atoms with E-state index in [-0.39, 0.29) is 39.7 Å². The summed E-state index contributed by atoms with van der Waals surface area (Å²) in [5.74, 6) is -0.261. The summed E-state index contributed by atoms with van der Waals surface area (Å²) in [7, 11) is 4.16. The first-order chi connectivity index (χ1) is 14.8. The SMILES string of the molecule is COc1ccc(-c2cc(=O)c3c(OC)c(OC(C)=O)c(OC)cc3o2)cc1OC(C)=O. The molecule has 0 radical (unpaired) electrons. The molecule has 2 aromatic carbocycles. The number of methoxy groups -OCH3 is 3. The van der Waals surface area contributed by atoms with Crippen LogP contribution in [0.2, 0.25) is 0 Å². The predicted octanol–water partition coefficient (Wildman–Crippen LogP) is 3.34. The van der Waals surface area contributed by atoms with Crippen molar-refractivity contribution in [3.05, 3.63) is 40.6 Å². The monoisotopic (exact) mass is 428 g/mol. The molecule has 0 saturated carbocycles. The van der Waals surface area contributed by atoms with Crippen LogP contribution in [0.15, 0.2) is 39.5 Å². The highest BCUT2D eigenvalue weighted by molar-refractivity contribution is 5.91. The maximum atomic E-state index is 12.9. The van der Waals surface area contributed by atoms with E-state index in [4.69, 9.17) is 28.1 Å². The van der Waals surface area contributed by atoms with E-state index in [1.807, 2.05) is 0 Å². The summed E-state index contributed by atoms with van der Waals surface area (Å²) in [6, 6.07) is 7.44. The third-order valence-electron chi connectivity index (χ3n) is 4.27. The van der Waals surface area contributed by atoms with Crippen LogP contribution in [0.4, 0.5) is 0 Å². The lowest BCUT2D eigenvalue weighted by atomic mass is 10.1. The molecule has 162 valence electrons. The average Bonchev–Trinajstić information content (AvgIpc) is 2.72. The normalized spacial score (nSPS) is 10.5. The lowest BCUT2D eigenvalue weighted by molar-refractivity contribution is -0.133. The standard InChI is InChI=1S/C22H20O9/c1-11(23)29-17-8-13(6-7-15(17)26-3)16-9-14(25)20-18(31-16)10-19(27-4)21(22(20)28-5)30-12(2)24/h6-10H,1-5H3. The molecular weight excluding hydrogens is 408 g/mol. The van der Waals surface area contributed by atoms with Crippen molar-refractivity contribution in [2.45, 2.75) is 13.8 Å². The van der Waals surface area contributed by atoms with Gasteiger partial charge < -0.3 is 28.1 Å². The minimum atomic E-state index is -0.604. The molecule has 0 N–H and O–H groups in total. The van der Waals surface area contributed by atoms with E-state index in [9.17, 15) is 14.4 Å². The largest absolute Gasteiger partial charge is 0.493 e. The third-order valence-corrected chi connectivity index (χ3v) is 4.27. The lowest BCUT2D eigenvalue weighted by Crippen LogP contribution is -2.09. The summed E-state index contributed by atoms with van der Waals surface area (Å²) in [4.78, 5) is 35.8. The molecule has 0 atom stereocenters. The van der Waals surface area contributed by atoms with E-state index in [1.165, 1.54) is 53.4 Å². The Balaban J connectivity index is 2.25. The topological polar surface area (TPSA) is 110 Å². The van der Waals surface area contributed by atoms with Crippen molar-refractivity contribution in [2.24, 2.45) is 0 Å². The first-order valence-corrected chi connectivity index (χ1v) is 9.07. The van der Waals surface area contributed by atoms with Crippen LogP contribution in [0.25, 0.3) is 22.3 Å². The van der Waals surface area contributed by atoms with Gasteiger partial charge in [-0.15, -0.1) is 0 Å². The third kappa shape index (κ3) is 4.30. The Bertz CT molecular complexity index is 1220. The quantitative estimate of drug-likeness (QED) is 0.431. The van der Waals surface area contributed by atoms with Crippen LogP contribution in [0.1, 0.15) is 13.8 Å². The molecule has 9 heteroatoms. The Kier molecular flexibility index (Phi) is 6.15. The molecule has 0 fully saturated rings. The predicted molar refractivity (Wildman–Crippen MR) is 110 cm³/mol. The Labute approximate surface area is 177 Å². The molecule has 0 amide bonds. The number of fused-ring (bicyclic) bond motifs is 1. The Morgan fingerprint density at radius 1 is 0.774 bits per heavy atom. The zero-order valence-electron chi connectivity index (χ0n) is 17.6. The summed E-state index contributed by atoms with van der Waals surface area (Å²) in [6.07, 6.45) is 0. The summed E-state index contributed by atoms with van der Waals surface area (Å²) in [5, 5.41) is 0.0806. The number of carbonyl (C=O) groups is 2. The van der Waals surface area contributed by atoms with Gasteiger partial charge in [0, 0.05) is 31.5 Å². The van der Waals surface area contributed by atoms with Gasteiger partial charge in [-0.05, 0) is 18.2 Å². The number of rotatable bonds is 6. The highest BCUT2D eigenvalue weighted by atomic mass is 16.6. The summed E-state index contributed by atoms with van der Waals surface area (Å²) in [5.41, 5.74) is 0.184. The van der Waals surface area contributed by atoms with Gasteiger partial charge >= 0.3 is 11.9 Å². The van der Waals surface area contributed by atoms with Gasteiger partial charge in [0.1, 0.15) is 16.7 Å². The van der Waals surface area contributed by atoms with Crippen molar-refractivity contribution in [1.29, 1.82) is 0 Å². The number of carbonyl (C=O) groups excluding carboxylic acids is 2. The first kappa shape index (κ1) is 21.7. The van der Waals surface area contributed by atoms with Crippen LogP contribution in [0.3, 0.4) is 0 Å². The summed E-state index contributed by atoms with van der Waals surface area (Å²) >= 11 is 0. The second kappa shape index (κ2) is 8.78. The molecule has 0 bridgehead atoms. The number of esters is 2. The van der Waals surface area contributed by atoms with Crippen molar-refractivity contribution in [3.8, 4) is 40.1 Å². The van der Waals surface area contributed by atoms with Gasteiger partial charge in [0.25, 0.3) is 0 Å². The second-order valence-electron chi connectivity index (χ2n) is 6.34. The smallest absolute Gasteiger partial charge is 0.308 e. The molecule has 31 heavy (non-hydrogen) atoms. The number of benzene rings is 2. The fourth-order valence-corrected chi connectivity index (χ4v) is 3.04. The Hall–Kier alpha value is -4.01. The summed E-state index contributed by atoms with van der Waals surface area (Å²) < 4.78 is 32.1. The Morgan fingerprint density at radius 3 is 2.03 bits per heavy atom. The zero-order chi connectivity index (χ0) is 22.7. The van der Waals surface area contributed by atoms with Gasteiger partial charge in [0.05, 0.1) is 21.3 Å². The molecular formula is C22H20O9. The zero-order valence-corrected chi connectivity index (χ0v) is 17.6. The number of hydrogen-bond acceptors (Lipinski definition) is 9. The van der Waals surface area contributed by atoms with Crippen molar-refractivity contribution in [1.82, 2.24) is 0 Å². The maximum Gasteiger partial charge on any atom is 0.308 e. The van der Waals surface area contributed by atoms with Crippen molar-refractivity contribution < 1.29 is 37.7 Å². The van der Waals surface area contributed by atoms with Crippen molar-refractivity contribution >= 4 is 22.9 Å². The van der Waals surface area contributed by atoms with E-state index in [0.29, 0.717) is 11.3 Å². The molecule has 0 aliphatic heterocycles. The van der Waals surface area contributed by atoms with Crippen molar-refractivity contribution in [2.75, 3.05) is 21.3 Å². The average molecular weight is 428 g/mol. The van der Waals surface area contributed by atoms with Crippen LogP contribution < -0.4 is 29.1 Å². The highest BCUT2D eigenvalue weighted by Crippen LogP contribution is 2.43. The fraction of sp³-hybridized carbons (Fsp3) is 0.227. The molecule has 1 heterocycles. The molecule has 1 aromatic heterocycles. The molecule has 0 aliphatic rings. The lowest BCUT2D eigenvalue weighted by Gasteiger charge is -2.15. The van der Waals surface area contributed by atoms with Gasteiger partial charge in [-0.3, -0.25) is 14.4 Å². The number of hydrogen-bond donors (Lipinski definition) is 0. The van der Waals surface area contributed by atoms with Crippen LogP contribution in [-0.2, 0) is 9.59 Å².